The Kier molecular flexibility index (Phi) is 5.49. The number of benzene rings is 1. The van der Waals surface area contributed by atoms with Crippen LogP contribution in [0.3, 0.4) is 0 Å². The fourth-order valence-corrected chi connectivity index (χ4v) is 1.94. The smallest absolute Gasteiger partial charge is 0.0412 e. The monoisotopic (exact) mass is 234 g/mol. The predicted molar refractivity (Wildman–Crippen MR) is 76.4 cm³/mol. The molecule has 17 heavy (non-hydrogen) atoms. The lowest BCUT2D eigenvalue weighted by Gasteiger charge is -2.25. The van der Waals surface area contributed by atoms with Gasteiger partial charge < -0.3 is 10.6 Å². The Morgan fingerprint density at radius 1 is 1.24 bits per heavy atom. The third-order valence-electron chi connectivity index (χ3n) is 3.23. The largest absolute Gasteiger partial charge is 0.374 e. The standard InChI is InChI=1S/C15H26N2/c1-5-14(16)13-8-6-7-9-15(13)17(4)11-10-12(2)3/h6-9,12,14H,5,10-11,16H2,1-4H3/t14-/m0/s1. The van der Waals surface area contributed by atoms with Crippen molar-refractivity contribution in [1.82, 2.24) is 0 Å². The molecule has 0 unspecified atom stereocenters. The summed E-state index contributed by atoms with van der Waals surface area (Å²) in [5.74, 6) is 0.740. The Balaban J connectivity index is 2.81. The van der Waals surface area contributed by atoms with Crippen LogP contribution >= 0.6 is 0 Å². The summed E-state index contributed by atoms with van der Waals surface area (Å²) in [6.45, 7) is 7.75. The molecule has 2 heteroatoms. The average molecular weight is 234 g/mol. The van der Waals surface area contributed by atoms with E-state index < -0.39 is 0 Å². The number of rotatable bonds is 6. The van der Waals surface area contributed by atoms with Crippen molar-refractivity contribution < 1.29 is 0 Å². The fraction of sp³-hybridized carbons (Fsp3) is 0.600. The summed E-state index contributed by atoms with van der Waals surface area (Å²) in [7, 11) is 2.16. The molecule has 2 nitrogen and oxygen atoms in total. The molecule has 2 N–H and O–H groups in total. The van der Waals surface area contributed by atoms with Gasteiger partial charge in [-0.2, -0.15) is 0 Å². The van der Waals surface area contributed by atoms with Crippen molar-refractivity contribution in [2.24, 2.45) is 11.7 Å². The fourth-order valence-electron chi connectivity index (χ4n) is 1.94. The van der Waals surface area contributed by atoms with E-state index in [9.17, 15) is 0 Å². The highest BCUT2D eigenvalue weighted by molar-refractivity contribution is 5.54. The number of nitrogens with zero attached hydrogens (tertiary/aromatic N) is 1. The molecule has 0 aliphatic carbocycles. The molecule has 0 saturated heterocycles. The van der Waals surface area contributed by atoms with Crippen LogP contribution in [0.5, 0.6) is 0 Å². The zero-order chi connectivity index (χ0) is 12.8. The molecule has 1 rings (SSSR count). The van der Waals surface area contributed by atoms with Gasteiger partial charge >= 0.3 is 0 Å². The van der Waals surface area contributed by atoms with E-state index in [1.807, 2.05) is 0 Å². The van der Waals surface area contributed by atoms with Crippen LogP contribution in [0.4, 0.5) is 5.69 Å². The first-order chi connectivity index (χ1) is 8.06. The lowest BCUT2D eigenvalue weighted by molar-refractivity contribution is 0.583. The summed E-state index contributed by atoms with van der Waals surface area (Å²) >= 11 is 0. The number of anilines is 1. The molecule has 96 valence electrons. The van der Waals surface area contributed by atoms with Crippen molar-refractivity contribution in [3.05, 3.63) is 29.8 Å². The van der Waals surface area contributed by atoms with Gasteiger partial charge in [0.2, 0.25) is 0 Å². The Labute approximate surface area is 106 Å². The molecule has 0 bridgehead atoms. The molecule has 0 aliphatic rings. The SMILES string of the molecule is CC[C@H](N)c1ccccc1N(C)CCC(C)C. The first kappa shape index (κ1) is 14.0. The van der Waals surface area contributed by atoms with Crippen LogP contribution in [0.2, 0.25) is 0 Å². The van der Waals surface area contributed by atoms with E-state index in [0.29, 0.717) is 0 Å². The van der Waals surface area contributed by atoms with Gasteiger partial charge in [-0.05, 0) is 30.4 Å². The maximum absolute atomic E-state index is 6.16. The van der Waals surface area contributed by atoms with Crippen molar-refractivity contribution in [2.45, 2.75) is 39.7 Å². The van der Waals surface area contributed by atoms with Gasteiger partial charge in [0.25, 0.3) is 0 Å². The van der Waals surface area contributed by atoms with Crippen molar-refractivity contribution in [1.29, 1.82) is 0 Å². The second kappa shape index (κ2) is 6.65. The van der Waals surface area contributed by atoms with Gasteiger partial charge in [-0.1, -0.05) is 39.0 Å². The first-order valence-corrected chi connectivity index (χ1v) is 6.61. The highest BCUT2D eigenvalue weighted by Crippen LogP contribution is 2.26. The van der Waals surface area contributed by atoms with Gasteiger partial charge in [-0.15, -0.1) is 0 Å². The highest BCUT2D eigenvalue weighted by atomic mass is 15.1. The van der Waals surface area contributed by atoms with E-state index in [2.05, 4.69) is 57.0 Å². The van der Waals surface area contributed by atoms with Crippen LogP contribution in [0, 0.1) is 5.92 Å². The number of para-hydroxylation sites is 1. The molecule has 0 aromatic heterocycles. The maximum atomic E-state index is 6.16. The van der Waals surface area contributed by atoms with Crippen LogP contribution in [-0.4, -0.2) is 13.6 Å². The lowest BCUT2D eigenvalue weighted by atomic mass is 10.0. The molecular formula is C15H26N2. The molecule has 1 atom stereocenters. The number of hydrogen-bond acceptors (Lipinski definition) is 2. The van der Waals surface area contributed by atoms with Crippen molar-refractivity contribution in [2.75, 3.05) is 18.5 Å². The molecule has 0 amide bonds. The minimum Gasteiger partial charge on any atom is -0.374 e. The third kappa shape index (κ3) is 4.04. The van der Waals surface area contributed by atoms with Gasteiger partial charge in [-0.25, -0.2) is 0 Å². The second-order valence-corrected chi connectivity index (χ2v) is 5.18. The lowest BCUT2D eigenvalue weighted by Crippen LogP contribution is -2.23. The molecule has 1 aromatic rings. The minimum absolute atomic E-state index is 0.146. The zero-order valence-corrected chi connectivity index (χ0v) is 11.6. The number of hydrogen-bond donors (Lipinski definition) is 1. The van der Waals surface area contributed by atoms with Crippen molar-refractivity contribution in [3.8, 4) is 0 Å². The summed E-state index contributed by atoms with van der Waals surface area (Å²) < 4.78 is 0. The second-order valence-electron chi connectivity index (χ2n) is 5.18. The van der Waals surface area contributed by atoms with E-state index >= 15 is 0 Å². The van der Waals surface area contributed by atoms with Crippen LogP contribution in [-0.2, 0) is 0 Å². The summed E-state index contributed by atoms with van der Waals surface area (Å²) in [6, 6.07) is 8.63. The summed E-state index contributed by atoms with van der Waals surface area (Å²) in [4.78, 5) is 2.32. The highest BCUT2D eigenvalue weighted by Gasteiger charge is 2.11. The van der Waals surface area contributed by atoms with Crippen molar-refractivity contribution >= 4 is 5.69 Å². The molecule has 0 radical (unpaired) electrons. The minimum atomic E-state index is 0.146. The van der Waals surface area contributed by atoms with Gasteiger partial charge in [0.15, 0.2) is 0 Å². The van der Waals surface area contributed by atoms with E-state index in [1.54, 1.807) is 0 Å². The molecular weight excluding hydrogens is 208 g/mol. The number of nitrogens with two attached hydrogens (primary N) is 1. The van der Waals surface area contributed by atoms with Crippen LogP contribution in [0.15, 0.2) is 24.3 Å². The summed E-state index contributed by atoms with van der Waals surface area (Å²) in [6.07, 6.45) is 2.20. The summed E-state index contributed by atoms with van der Waals surface area (Å²) in [5.41, 5.74) is 8.71. The molecule has 0 heterocycles. The van der Waals surface area contributed by atoms with Gasteiger partial charge in [0.1, 0.15) is 0 Å². The Morgan fingerprint density at radius 3 is 2.47 bits per heavy atom. The third-order valence-corrected chi connectivity index (χ3v) is 3.23. The quantitative estimate of drug-likeness (QED) is 0.815. The van der Waals surface area contributed by atoms with Gasteiger partial charge in [0.05, 0.1) is 0 Å². The molecule has 0 fully saturated rings. The Morgan fingerprint density at radius 2 is 1.88 bits per heavy atom. The molecule has 0 aliphatic heterocycles. The van der Waals surface area contributed by atoms with Gasteiger partial charge in [-0.3, -0.25) is 0 Å². The van der Waals surface area contributed by atoms with E-state index in [1.165, 1.54) is 17.7 Å². The normalized spacial score (nSPS) is 12.8. The molecule has 0 saturated carbocycles. The average Bonchev–Trinajstić information content (AvgIpc) is 2.34. The van der Waals surface area contributed by atoms with Crippen LogP contribution in [0.25, 0.3) is 0 Å². The van der Waals surface area contributed by atoms with E-state index in [0.717, 1.165) is 18.9 Å². The van der Waals surface area contributed by atoms with Crippen molar-refractivity contribution in [3.63, 3.8) is 0 Å². The molecule has 1 aromatic carbocycles. The van der Waals surface area contributed by atoms with Gasteiger partial charge in [0, 0.05) is 25.3 Å². The van der Waals surface area contributed by atoms with Crippen LogP contribution in [0.1, 0.15) is 45.2 Å². The zero-order valence-electron chi connectivity index (χ0n) is 11.6. The van der Waals surface area contributed by atoms with E-state index in [-0.39, 0.29) is 6.04 Å². The first-order valence-electron chi connectivity index (χ1n) is 6.61. The maximum Gasteiger partial charge on any atom is 0.0412 e. The topological polar surface area (TPSA) is 29.3 Å². The molecule has 0 spiro atoms. The Bertz CT molecular complexity index is 333. The summed E-state index contributed by atoms with van der Waals surface area (Å²) in [5, 5.41) is 0. The van der Waals surface area contributed by atoms with E-state index in [4.69, 9.17) is 5.73 Å². The predicted octanol–water partition coefficient (Wildman–Crippen LogP) is 3.58. The van der Waals surface area contributed by atoms with Crippen LogP contribution < -0.4 is 10.6 Å². The Hall–Kier alpha value is -1.02.